The highest BCUT2D eigenvalue weighted by atomic mass is 16.2. The van der Waals surface area contributed by atoms with Gasteiger partial charge >= 0.3 is 0 Å². The molecule has 5 aliphatic carbocycles. The SMILES string of the molecule is C=CCNC(=O)[C@]12CCC(C)(C)C[C@H]1C1=CC[C@@H]3[C@@]4(C)CC(=C)C(=O)C(C)(C)[C@@H]4CC[C@@]3(C)[C@]1(C)CC2. The fraction of sp³-hybridized carbons (Fsp3) is 0.765. The summed E-state index contributed by atoms with van der Waals surface area (Å²) in [6.45, 7) is 25.5. The van der Waals surface area contributed by atoms with Gasteiger partial charge in [0, 0.05) is 12.0 Å². The van der Waals surface area contributed by atoms with Gasteiger partial charge in [-0.3, -0.25) is 9.59 Å². The summed E-state index contributed by atoms with van der Waals surface area (Å²) < 4.78 is 0. The molecule has 3 heteroatoms. The second kappa shape index (κ2) is 8.18. The van der Waals surface area contributed by atoms with Gasteiger partial charge in [-0.2, -0.15) is 0 Å². The molecule has 1 amide bonds. The molecule has 0 saturated heterocycles. The Morgan fingerprint density at radius 2 is 1.70 bits per heavy atom. The second-order valence-electron chi connectivity index (χ2n) is 15.7. The van der Waals surface area contributed by atoms with Gasteiger partial charge in [-0.25, -0.2) is 0 Å². The van der Waals surface area contributed by atoms with E-state index in [2.05, 4.69) is 73.0 Å². The van der Waals surface area contributed by atoms with Gasteiger partial charge in [0.25, 0.3) is 0 Å². The van der Waals surface area contributed by atoms with E-state index in [9.17, 15) is 9.59 Å². The summed E-state index contributed by atoms with van der Waals surface area (Å²) in [4.78, 5) is 27.0. The summed E-state index contributed by atoms with van der Waals surface area (Å²) in [6.07, 6.45) is 13.8. The minimum atomic E-state index is -0.339. The first-order chi connectivity index (χ1) is 17.1. The van der Waals surface area contributed by atoms with Gasteiger partial charge in [-0.15, -0.1) is 6.58 Å². The van der Waals surface area contributed by atoms with E-state index in [-0.39, 0.29) is 44.2 Å². The molecule has 0 radical (unpaired) electrons. The van der Waals surface area contributed by atoms with Gasteiger partial charge in [-0.05, 0) is 103 Å². The van der Waals surface area contributed by atoms with E-state index >= 15 is 0 Å². The number of carbonyl (C=O) groups is 2. The zero-order chi connectivity index (χ0) is 27.2. The Hall–Kier alpha value is -1.64. The molecule has 37 heavy (non-hydrogen) atoms. The Balaban J connectivity index is 1.59. The van der Waals surface area contributed by atoms with Crippen LogP contribution in [0.15, 0.2) is 36.5 Å². The molecule has 7 atom stereocenters. The van der Waals surface area contributed by atoms with Crippen molar-refractivity contribution in [2.45, 2.75) is 106 Å². The quantitative estimate of drug-likeness (QED) is 0.314. The number of amides is 1. The molecule has 0 spiro atoms. The van der Waals surface area contributed by atoms with Crippen LogP contribution in [-0.2, 0) is 9.59 Å². The zero-order valence-corrected chi connectivity index (χ0v) is 24.7. The minimum absolute atomic E-state index is 0.0776. The van der Waals surface area contributed by atoms with E-state index in [4.69, 9.17) is 0 Å². The van der Waals surface area contributed by atoms with E-state index in [0.29, 0.717) is 24.3 Å². The first-order valence-electron chi connectivity index (χ1n) is 14.9. The summed E-state index contributed by atoms with van der Waals surface area (Å²) in [5.41, 5.74) is 2.36. The first-order valence-corrected chi connectivity index (χ1v) is 14.9. The Morgan fingerprint density at radius 3 is 2.38 bits per heavy atom. The smallest absolute Gasteiger partial charge is 0.227 e. The summed E-state index contributed by atoms with van der Waals surface area (Å²) in [5.74, 6) is 1.77. The van der Waals surface area contributed by atoms with Crippen molar-refractivity contribution in [1.29, 1.82) is 0 Å². The van der Waals surface area contributed by atoms with Crippen LogP contribution in [0.25, 0.3) is 0 Å². The van der Waals surface area contributed by atoms with Crippen LogP contribution < -0.4 is 5.32 Å². The predicted molar refractivity (Wildman–Crippen MR) is 152 cm³/mol. The largest absolute Gasteiger partial charge is 0.352 e. The molecular weight excluding hydrogens is 454 g/mol. The van der Waals surface area contributed by atoms with Gasteiger partial charge in [0.2, 0.25) is 5.91 Å². The molecule has 0 aromatic heterocycles. The normalized spacial score (nSPS) is 45.9. The molecule has 204 valence electrons. The molecule has 0 unspecified atom stereocenters. The zero-order valence-electron chi connectivity index (χ0n) is 24.7. The van der Waals surface area contributed by atoms with E-state index in [1.54, 1.807) is 11.6 Å². The maximum atomic E-state index is 13.8. The van der Waals surface area contributed by atoms with Crippen LogP contribution >= 0.6 is 0 Å². The standard InChI is InChI=1S/C34H51NO2/c1-10-19-35-28(37)34-17-15-29(3,4)21-24(34)23-11-12-26-31(7)20-22(2)27(36)30(5,6)25(31)13-14-33(26,9)32(23,8)16-18-34/h10-11,24-26H,1-2,12-21H2,3-9H3,(H,35,37)/t24-,25-,26+,31-,32+,33+,34-/m0/s1. The minimum Gasteiger partial charge on any atom is -0.352 e. The van der Waals surface area contributed by atoms with Crippen LogP contribution in [0.1, 0.15) is 106 Å². The third kappa shape index (κ3) is 3.43. The van der Waals surface area contributed by atoms with Crippen molar-refractivity contribution >= 4 is 11.7 Å². The van der Waals surface area contributed by atoms with E-state index in [0.717, 1.165) is 56.9 Å². The van der Waals surface area contributed by atoms with E-state index in [1.807, 2.05) is 0 Å². The monoisotopic (exact) mass is 505 g/mol. The van der Waals surface area contributed by atoms with Crippen LogP contribution in [0, 0.1) is 50.2 Å². The van der Waals surface area contributed by atoms with Crippen molar-refractivity contribution in [3.05, 3.63) is 36.5 Å². The Kier molecular flexibility index (Phi) is 5.96. The lowest BCUT2D eigenvalue weighted by Crippen LogP contribution is -2.65. The van der Waals surface area contributed by atoms with Crippen LogP contribution in [0.3, 0.4) is 0 Å². The van der Waals surface area contributed by atoms with Gasteiger partial charge in [0.15, 0.2) is 5.78 Å². The molecule has 5 aliphatic rings. The molecule has 1 N–H and O–H groups in total. The Labute approximate surface area is 226 Å². The number of fused-ring (bicyclic) bond motifs is 7. The van der Waals surface area contributed by atoms with Crippen molar-refractivity contribution in [1.82, 2.24) is 5.32 Å². The van der Waals surface area contributed by atoms with Crippen molar-refractivity contribution in [2.75, 3.05) is 6.54 Å². The maximum absolute atomic E-state index is 13.8. The number of carbonyl (C=O) groups excluding carboxylic acids is 2. The highest BCUT2D eigenvalue weighted by molar-refractivity contribution is 6.00. The van der Waals surface area contributed by atoms with Crippen molar-refractivity contribution in [3.8, 4) is 0 Å². The third-order valence-corrected chi connectivity index (χ3v) is 13.1. The summed E-state index contributed by atoms with van der Waals surface area (Å²) in [6, 6.07) is 0. The van der Waals surface area contributed by atoms with Crippen LogP contribution in [0.5, 0.6) is 0 Å². The van der Waals surface area contributed by atoms with Crippen LogP contribution in [0.4, 0.5) is 0 Å². The molecule has 0 heterocycles. The summed E-state index contributed by atoms with van der Waals surface area (Å²) >= 11 is 0. The lowest BCUT2D eigenvalue weighted by atomic mass is 9.33. The molecule has 4 saturated carbocycles. The molecular formula is C34H51NO2. The fourth-order valence-corrected chi connectivity index (χ4v) is 10.9. The predicted octanol–water partition coefficient (Wildman–Crippen LogP) is 7.83. The Morgan fingerprint density at radius 1 is 1.03 bits per heavy atom. The van der Waals surface area contributed by atoms with Crippen LogP contribution in [-0.4, -0.2) is 18.2 Å². The number of hydrogen-bond acceptors (Lipinski definition) is 2. The average Bonchev–Trinajstić information content (AvgIpc) is 2.81. The molecule has 0 aromatic rings. The number of Topliss-reactive ketones (excluding diaryl/α,β-unsaturated/α-hetero) is 1. The first kappa shape index (κ1) is 26.9. The molecule has 3 nitrogen and oxygen atoms in total. The highest BCUT2D eigenvalue weighted by Gasteiger charge is 2.69. The van der Waals surface area contributed by atoms with Gasteiger partial charge in [0.1, 0.15) is 0 Å². The van der Waals surface area contributed by atoms with Crippen molar-refractivity contribution < 1.29 is 9.59 Å². The van der Waals surface area contributed by atoms with Gasteiger partial charge < -0.3 is 5.32 Å². The third-order valence-electron chi connectivity index (χ3n) is 13.1. The molecule has 5 rings (SSSR count). The molecule has 0 bridgehead atoms. The molecule has 4 fully saturated rings. The second-order valence-corrected chi connectivity index (χ2v) is 15.7. The number of hydrogen-bond donors (Lipinski definition) is 1. The van der Waals surface area contributed by atoms with Gasteiger partial charge in [0.05, 0.1) is 5.41 Å². The topological polar surface area (TPSA) is 46.2 Å². The maximum Gasteiger partial charge on any atom is 0.227 e. The molecule has 0 aromatic carbocycles. The fourth-order valence-electron chi connectivity index (χ4n) is 10.9. The van der Waals surface area contributed by atoms with E-state index < -0.39 is 0 Å². The number of ketones is 1. The lowest BCUT2D eigenvalue weighted by molar-refractivity contribution is -0.179. The number of nitrogens with one attached hydrogen (secondary N) is 1. The molecule has 0 aliphatic heterocycles. The lowest BCUT2D eigenvalue weighted by Gasteiger charge is -2.70. The Bertz CT molecular complexity index is 1080. The van der Waals surface area contributed by atoms with E-state index in [1.165, 1.54) is 6.42 Å². The number of allylic oxidation sites excluding steroid dienone is 3. The highest BCUT2D eigenvalue weighted by Crippen LogP contribution is 2.75. The van der Waals surface area contributed by atoms with Gasteiger partial charge in [-0.1, -0.05) is 72.8 Å². The number of rotatable bonds is 3. The van der Waals surface area contributed by atoms with Crippen molar-refractivity contribution in [3.63, 3.8) is 0 Å². The van der Waals surface area contributed by atoms with Crippen LogP contribution in [0.2, 0.25) is 0 Å². The average molecular weight is 506 g/mol. The summed E-state index contributed by atoms with van der Waals surface area (Å²) in [7, 11) is 0. The van der Waals surface area contributed by atoms with Crippen molar-refractivity contribution in [2.24, 2.45) is 50.2 Å². The summed E-state index contributed by atoms with van der Waals surface area (Å²) in [5, 5.41) is 3.23.